The Morgan fingerprint density at radius 2 is 1.64 bits per heavy atom. The summed E-state index contributed by atoms with van der Waals surface area (Å²) in [7, 11) is -3.88. The van der Waals surface area contributed by atoms with Gasteiger partial charge in [-0.25, -0.2) is 8.42 Å². The normalized spacial score (nSPS) is 11.2. The maximum Gasteiger partial charge on any atom is 0.264 e. The SMILES string of the molecule is Cc1ccc(CSCCCNC(=O)CN(c2ccc(Br)cc2)S(=O)(=O)c2ccccc2)cc1. The van der Waals surface area contributed by atoms with Crippen LogP contribution in [0.15, 0.2) is 88.2 Å². The Bertz CT molecular complexity index is 1140. The predicted molar refractivity (Wildman–Crippen MR) is 140 cm³/mol. The highest BCUT2D eigenvalue weighted by atomic mass is 79.9. The van der Waals surface area contributed by atoms with Gasteiger partial charge in [0.2, 0.25) is 5.91 Å². The second kappa shape index (κ2) is 12.3. The number of benzene rings is 3. The Hall–Kier alpha value is -2.29. The van der Waals surface area contributed by atoms with Gasteiger partial charge in [0.25, 0.3) is 10.0 Å². The molecule has 0 atom stereocenters. The lowest BCUT2D eigenvalue weighted by atomic mass is 10.2. The lowest BCUT2D eigenvalue weighted by Gasteiger charge is -2.24. The standard InChI is InChI=1S/C25H27BrN2O3S2/c1-20-8-10-21(11-9-20)19-32-17-5-16-27-25(29)18-28(23-14-12-22(26)13-15-23)33(30,31)24-6-3-2-4-7-24/h2-4,6-15H,5,16-19H2,1H3,(H,27,29). The fourth-order valence-electron chi connectivity index (χ4n) is 3.10. The van der Waals surface area contributed by atoms with E-state index in [4.69, 9.17) is 0 Å². The highest BCUT2D eigenvalue weighted by Gasteiger charge is 2.26. The number of aryl methyl sites for hydroxylation is 1. The molecule has 5 nitrogen and oxygen atoms in total. The number of rotatable bonds is 11. The zero-order valence-corrected chi connectivity index (χ0v) is 21.6. The summed E-state index contributed by atoms with van der Waals surface area (Å²) in [6.45, 7) is 2.29. The van der Waals surface area contributed by atoms with E-state index in [-0.39, 0.29) is 17.3 Å². The number of carbonyl (C=O) groups is 1. The number of carbonyl (C=O) groups excluding carboxylic acids is 1. The van der Waals surface area contributed by atoms with Crippen molar-refractivity contribution < 1.29 is 13.2 Å². The predicted octanol–water partition coefficient (Wildman–Crippen LogP) is 5.39. The molecule has 0 spiro atoms. The number of halogens is 1. The maximum absolute atomic E-state index is 13.3. The molecule has 0 aromatic heterocycles. The largest absolute Gasteiger partial charge is 0.354 e. The van der Waals surface area contributed by atoms with Gasteiger partial charge < -0.3 is 5.32 Å². The second-order valence-electron chi connectivity index (χ2n) is 7.54. The van der Waals surface area contributed by atoms with Gasteiger partial charge >= 0.3 is 0 Å². The van der Waals surface area contributed by atoms with Crippen molar-refractivity contribution in [1.82, 2.24) is 5.32 Å². The summed E-state index contributed by atoms with van der Waals surface area (Å²) in [5.74, 6) is 1.51. The minimum absolute atomic E-state index is 0.147. The van der Waals surface area contributed by atoms with Gasteiger partial charge in [-0.1, -0.05) is 64.0 Å². The van der Waals surface area contributed by atoms with Crippen LogP contribution in [-0.4, -0.2) is 33.2 Å². The molecule has 174 valence electrons. The number of nitrogens with zero attached hydrogens (tertiary/aromatic N) is 1. The Morgan fingerprint density at radius 3 is 2.30 bits per heavy atom. The molecule has 0 unspecified atom stereocenters. The molecule has 0 saturated carbocycles. The fraction of sp³-hybridized carbons (Fsp3) is 0.240. The van der Waals surface area contributed by atoms with Crippen molar-refractivity contribution in [1.29, 1.82) is 0 Å². The summed E-state index contributed by atoms with van der Waals surface area (Å²) in [5.41, 5.74) is 2.97. The van der Waals surface area contributed by atoms with Crippen LogP contribution in [0.5, 0.6) is 0 Å². The first-order valence-corrected chi connectivity index (χ1v) is 14.0. The molecule has 0 bridgehead atoms. The number of nitrogens with one attached hydrogen (secondary N) is 1. The van der Waals surface area contributed by atoms with Crippen molar-refractivity contribution >= 4 is 49.3 Å². The molecule has 0 radical (unpaired) electrons. The smallest absolute Gasteiger partial charge is 0.264 e. The monoisotopic (exact) mass is 546 g/mol. The average Bonchev–Trinajstić information content (AvgIpc) is 2.82. The highest BCUT2D eigenvalue weighted by Crippen LogP contribution is 2.25. The summed E-state index contributed by atoms with van der Waals surface area (Å²) in [6.07, 6.45) is 0.811. The van der Waals surface area contributed by atoms with Gasteiger partial charge in [-0.15, -0.1) is 0 Å². The molecular formula is C25H27BrN2O3S2. The van der Waals surface area contributed by atoms with E-state index in [0.29, 0.717) is 12.2 Å². The fourth-order valence-corrected chi connectivity index (χ4v) is 5.73. The third-order valence-electron chi connectivity index (χ3n) is 4.91. The molecule has 0 saturated heterocycles. The molecule has 0 heterocycles. The van der Waals surface area contributed by atoms with E-state index < -0.39 is 10.0 Å². The summed E-state index contributed by atoms with van der Waals surface area (Å²) in [4.78, 5) is 12.8. The number of hydrogen-bond acceptors (Lipinski definition) is 4. The number of hydrogen-bond donors (Lipinski definition) is 1. The van der Waals surface area contributed by atoms with Gasteiger partial charge in [-0.05, 0) is 61.1 Å². The van der Waals surface area contributed by atoms with Gasteiger partial charge in [0.05, 0.1) is 10.6 Å². The van der Waals surface area contributed by atoms with Gasteiger partial charge in [-0.3, -0.25) is 9.10 Å². The topological polar surface area (TPSA) is 66.5 Å². The van der Waals surface area contributed by atoms with Crippen molar-refractivity contribution in [3.05, 3.63) is 94.5 Å². The van der Waals surface area contributed by atoms with Crippen LogP contribution in [-0.2, 0) is 20.6 Å². The number of anilines is 1. The molecule has 1 amide bonds. The highest BCUT2D eigenvalue weighted by molar-refractivity contribution is 9.10. The van der Waals surface area contributed by atoms with E-state index in [2.05, 4.69) is 52.4 Å². The van der Waals surface area contributed by atoms with Gasteiger partial charge in [-0.2, -0.15) is 11.8 Å². The molecule has 33 heavy (non-hydrogen) atoms. The van der Waals surface area contributed by atoms with Crippen molar-refractivity contribution in [3.8, 4) is 0 Å². The zero-order valence-electron chi connectivity index (χ0n) is 18.4. The molecule has 3 rings (SSSR count). The molecular weight excluding hydrogens is 520 g/mol. The van der Waals surface area contributed by atoms with Crippen molar-refractivity contribution in [2.24, 2.45) is 0 Å². The van der Waals surface area contributed by atoms with Crippen LogP contribution in [0.3, 0.4) is 0 Å². The van der Waals surface area contributed by atoms with Crippen LogP contribution >= 0.6 is 27.7 Å². The molecule has 3 aromatic rings. The van der Waals surface area contributed by atoms with Crippen LogP contribution in [0.4, 0.5) is 5.69 Å². The first-order valence-electron chi connectivity index (χ1n) is 10.6. The van der Waals surface area contributed by atoms with Crippen molar-refractivity contribution in [2.75, 3.05) is 23.1 Å². The van der Waals surface area contributed by atoms with E-state index in [1.165, 1.54) is 23.3 Å². The maximum atomic E-state index is 13.3. The molecule has 0 aliphatic carbocycles. The molecule has 3 aromatic carbocycles. The Kier molecular flexibility index (Phi) is 9.41. The molecule has 0 fully saturated rings. The van der Waals surface area contributed by atoms with E-state index in [9.17, 15) is 13.2 Å². The quantitative estimate of drug-likeness (QED) is 0.327. The third kappa shape index (κ3) is 7.62. The summed E-state index contributed by atoms with van der Waals surface area (Å²) in [5, 5.41) is 2.86. The minimum Gasteiger partial charge on any atom is -0.354 e. The molecule has 1 N–H and O–H groups in total. The van der Waals surface area contributed by atoms with Crippen molar-refractivity contribution in [2.45, 2.75) is 24.0 Å². The Balaban J connectivity index is 1.55. The zero-order chi connectivity index (χ0) is 23.7. The number of sulfonamides is 1. The first-order chi connectivity index (χ1) is 15.9. The minimum atomic E-state index is -3.88. The van der Waals surface area contributed by atoms with Gasteiger partial charge in [0, 0.05) is 16.8 Å². The second-order valence-corrected chi connectivity index (χ2v) is 11.4. The number of thioether (sulfide) groups is 1. The van der Waals surface area contributed by atoms with Crippen LogP contribution in [0, 0.1) is 6.92 Å². The van der Waals surface area contributed by atoms with Crippen LogP contribution < -0.4 is 9.62 Å². The Labute approximate surface area is 208 Å². The van der Waals surface area contributed by atoms with Crippen LogP contribution in [0.1, 0.15) is 17.5 Å². The summed E-state index contributed by atoms with van der Waals surface area (Å²) < 4.78 is 28.5. The molecule has 0 aliphatic rings. The van der Waals surface area contributed by atoms with Crippen LogP contribution in [0.25, 0.3) is 0 Å². The van der Waals surface area contributed by atoms with E-state index >= 15 is 0 Å². The molecule has 0 aliphatic heterocycles. The van der Waals surface area contributed by atoms with E-state index in [1.54, 1.807) is 42.5 Å². The lowest BCUT2D eigenvalue weighted by molar-refractivity contribution is -0.119. The third-order valence-corrected chi connectivity index (χ3v) is 8.34. The summed E-state index contributed by atoms with van der Waals surface area (Å²) >= 11 is 5.18. The summed E-state index contributed by atoms with van der Waals surface area (Å²) in [6, 6.07) is 23.5. The number of amides is 1. The molecule has 8 heteroatoms. The lowest BCUT2D eigenvalue weighted by Crippen LogP contribution is -2.41. The van der Waals surface area contributed by atoms with Crippen LogP contribution in [0.2, 0.25) is 0 Å². The van der Waals surface area contributed by atoms with E-state index in [1.807, 2.05) is 11.8 Å². The van der Waals surface area contributed by atoms with Gasteiger partial charge in [0.1, 0.15) is 6.54 Å². The Morgan fingerprint density at radius 1 is 0.970 bits per heavy atom. The van der Waals surface area contributed by atoms with E-state index in [0.717, 1.165) is 26.7 Å². The van der Waals surface area contributed by atoms with Gasteiger partial charge in [0.15, 0.2) is 0 Å². The van der Waals surface area contributed by atoms with Crippen molar-refractivity contribution in [3.63, 3.8) is 0 Å². The first kappa shape index (κ1) is 25.3. The average molecular weight is 548 g/mol.